The Kier molecular flexibility index (Phi) is 5.04. The fraction of sp³-hybridized carbons (Fsp3) is 0.500. The van der Waals surface area contributed by atoms with E-state index < -0.39 is 17.8 Å². The van der Waals surface area contributed by atoms with E-state index in [0.717, 1.165) is 6.07 Å². The van der Waals surface area contributed by atoms with Crippen molar-refractivity contribution < 1.29 is 18.3 Å². The van der Waals surface area contributed by atoms with E-state index in [1.807, 2.05) is 0 Å². The number of nitrogens with one attached hydrogen (secondary N) is 1. The molecule has 1 atom stereocenters. The van der Waals surface area contributed by atoms with Crippen molar-refractivity contribution in [3.05, 3.63) is 28.2 Å². The SMILES string of the molecule is CC(C)C(O)CNc1cc(Br)ccc1C(F)(F)F. The normalized spacial score (nSPS) is 13.8. The van der Waals surface area contributed by atoms with Gasteiger partial charge in [0.15, 0.2) is 0 Å². The van der Waals surface area contributed by atoms with Crippen LogP contribution in [0.3, 0.4) is 0 Å². The second kappa shape index (κ2) is 5.93. The molecule has 1 aromatic carbocycles. The Bertz CT molecular complexity index is 407. The molecule has 0 fully saturated rings. The lowest BCUT2D eigenvalue weighted by Crippen LogP contribution is -2.25. The second-order valence-corrected chi connectivity index (χ2v) is 5.30. The maximum Gasteiger partial charge on any atom is 0.418 e. The van der Waals surface area contributed by atoms with E-state index in [1.54, 1.807) is 13.8 Å². The quantitative estimate of drug-likeness (QED) is 0.880. The molecular formula is C12H15BrF3NO. The van der Waals surface area contributed by atoms with Crippen molar-refractivity contribution in [1.29, 1.82) is 0 Å². The molecule has 0 bridgehead atoms. The van der Waals surface area contributed by atoms with Crippen LogP contribution in [0.2, 0.25) is 0 Å². The number of rotatable bonds is 4. The molecule has 0 radical (unpaired) electrons. The molecule has 0 saturated heterocycles. The average molecular weight is 326 g/mol. The van der Waals surface area contributed by atoms with Gasteiger partial charge in [-0.05, 0) is 24.1 Å². The van der Waals surface area contributed by atoms with Crippen LogP contribution in [0.4, 0.5) is 18.9 Å². The highest BCUT2D eigenvalue weighted by atomic mass is 79.9. The zero-order chi connectivity index (χ0) is 13.9. The van der Waals surface area contributed by atoms with Crippen LogP contribution in [-0.2, 0) is 6.18 Å². The smallest absolute Gasteiger partial charge is 0.391 e. The molecule has 0 amide bonds. The maximum atomic E-state index is 12.7. The van der Waals surface area contributed by atoms with Gasteiger partial charge in [-0.25, -0.2) is 0 Å². The zero-order valence-electron chi connectivity index (χ0n) is 10.1. The monoisotopic (exact) mass is 325 g/mol. The standard InChI is InChI=1S/C12H15BrF3NO/c1-7(2)11(18)6-17-10-5-8(13)3-4-9(10)12(14,15)16/h3-5,7,11,17-18H,6H2,1-2H3. The fourth-order valence-corrected chi connectivity index (χ4v) is 1.72. The number of hydrogen-bond donors (Lipinski definition) is 2. The third-order valence-corrected chi connectivity index (χ3v) is 3.05. The maximum absolute atomic E-state index is 12.7. The summed E-state index contributed by atoms with van der Waals surface area (Å²) in [6, 6.07) is 3.71. The molecule has 0 aliphatic carbocycles. The van der Waals surface area contributed by atoms with Crippen LogP contribution >= 0.6 is 15.9 Å². The van der Waals surface area contributed by atoms with Gasteiger partial charge in [-0.2, -0.15) is 13.2 Å². The number of aliphatic hydroxyl groups is 1. The molecule has 1 aromatic rings. The van der Waals surface area contributed by atoms with Crippen molar-refractivity contribution in [2.24, 2.45) is 5.92 Å². The summed E-state index contributed by atoms with van der Waals surface area (Å²) in [4.78, 5) is 0. The molecule has 0 saturated carbocycles. The Balaban J connectivity index is 2.90. The molecule has 0 aromatic heterocycles. The molecule has 102 valence electrons. The van der Waals surface area contributed by atoms with E-state index in [4.69, 9.17) is 0 Å². The van der Waals surface area contributed by atoms with Gasteiger partial charge in [0.05, 0.1) is 11.7 Å². The second-order valence-electron chi connectivity index (χ2n) is 4.38. The van der Waals surface area contributed by atoms with Crippen molar-refractivity contribution in [3.63, 3.8) is 0 Å². The minimum atomic E-state index is -4.41. The molecular weight excluding hydrogens is 311 g/mol. The summed E-state index contributed by atoms with van der Waals surface area (Å²) in [5.74, 6) is -0.0148. The Morgan fingerprint density at radius 1 is 1.33 bits per heavy atom. The zero-order valence-corrected chi connectivity index (χ0v) is 11.6. The first kappa shape index (κ1) is 15.3. The van der Waals surface area contributed by atoms with E-state index >= 15 is 0 Å². The highest BCUT2D eigenvalue weighted by Crippen LogP contribution is 2.36. The number of aliphatic hydroxyl groups excluding tert-OH is 1. The van der Waals surface area contributed by atoms with Crippen molar-refractivity contribution in [3.8, 4) is 0 Å². The number of alkyl halides is 3. The lowest BCUT2D eigenvalue weighted by Gasteiger charge is -2.19. The topological polar surface area (TPSA) is 32.3 Å². The van der Waals surface area contributed by atoms with Gasteiger partial charge in [0, 0.05) is 16.7 Å². The first-order valence-corrected chi connectivity index (χ1v) is 6.29. The van der Waals surface area contributed by atoms with Gasteiger partial charge in [-0.1, -0.05) is 29.8 Å². The Labute approximate surface area is 112 Å². The van der Waals surface area contributed by atoms with Crippen LogP contribution in [-0.4, -0.2) is 17.8 Å². The lowest BCUT2D eigenvalue weighted by atomic mass is 10.1. The van der Waals surface area contributed by atoms with Gasteiger partial charge in [0.25, 0.3) is 0 Å². The van der Waals surface area contributed by atoms with Crippen LogP contribution in [0.1, 0.15) is 19.4 Å². The minimum Gasteiger partial charge on any atom is -0.391 e. The van der Waals surface area contributed by atoms with Gasteiger partial charge >= 0.3 is 6.18 Å². The van der Waals surface area contributed by atoms with E-state index in [2.05, 4.69) is 21.2 Å². The number of benzene rings is 1. The summed E-state index contributed by atoms with van der Waals surface area (Å²) >= 11 is 3.13. The fourth-order valence-electron chi connectivity index (χ4n) is 1.36. The summed E-state index contributed by atoms with van der Waals surface area (Å²) < 4.78 is 38.8. The van der Waals surface area contributed by atoms with E-state index in [0.29, 0.717) is 4.47 Å². The Morgan fingerprint density at radius 3 is 2.44 bits per heavy atom. The minimum absolute atomic E-state index is 0.0148. The van der Waals surface area contributed by atoms with Crippen LogP contribution in [0.5, 0.6) is 0 Å². The number of hydrogen-bond acceptors (Lipinski definition) is 2. The van der Waals surface area contributed by atoms with Gasteiger partial charge < -0.3 is 10.4 Å². The van der Waals surface area contributed by atoms with Crippen LogP contribution in [0, 0.1) is 5.92 Å². The molecule has 2 N–H and O–H groups in total. The van der Waals surface area contributed by atoms with Crippen molar-refractivity contribution in [2.75, 3.05) is 11.9 Å². The Morgan fingerprint density at radius 2 is 1.94 bits per heavy atom. The van der Waals surface area contributed by atoms with Gasteiger partial charge in [0.1, 0.15) is 0 Å². The van der Waals surface area contributed by atoms with Crippen molar-refractivity contribution >= 4 is 21.6 Å². The average Bonchev–Trinajstić information content (AvgIpc) is 2.23. The molecule has 0 spiro atoms. The largest absolute Gasteiger partial charge is 0.418 e. The van der Waals surface area contributed by atoms with Crippen LogP contribution < -0.4 is 5.32 Å². The van der Waals surface area contributed by atoms with Crippen LogP contribution in [0.15, 0.2) is 22.7 Å². The third kappa shape index (κ3) is 4.17. The number of anilines is 1. The molecule has 0 aliphatic heterocycles. The predicted octanol–water partition coefficient (Wildman–Crippen LogP) is 3.90. The third-order valence-electron chi connectivity index (χ3n) is 2.56. The van der Waals surface area contributed by atoms with Gasteiger partial charge in [-0.15, -0.1) is 0 Å². The molecule has 0 heterocycles. The van der Waals surface area contributed by atoms with Crippen LogP contribution in [0.25, 0.3) is 0 Å². The van der Waals surface area contributed by atoms with E-state index in [9.17, 15) is 18.3 Å². The van der Waals surface area contributed by atoms with E-state index in [-0.39, 0.29) is 18.2 Å². The number of halogens is 4. The molecule has 6 heteroatoms. The lowest BCUT2D eigenvalue weighted by molar-refractivity contribution is -0.137. The summed E-state index contributed by atoms with van der Waals surface area (Å²) in [5.41, 5.74) is -0.766. The van der Waals surface area contributed by atoms with Gasteiger partial charge in [0.2, 0.25) is 0 Å². The summed E-state index contributed by atoms with van der Waals surface area (Å²) in [6.07, 6.45) is -5.10. The molecule has 1 unspecified atom stereocenters. The molecule has 1 rings (SSSR count). The molecule has 18 heavy (non-hydrogen) atoms. The van der Waals surface area contributed by atoms with Crippen molar-refractivity contribution in [2.45, 2.75) is 26.1 Å². The molecule has 2 nitrogen and oxygen atoms in total. The highest BCUT2D eigenvalue weighted by molar-refractivity contribution is 9.10. The highest BCUT2D eigenvalue weighted by Gasteiger charge is 2.33. The predicted molar refractivity (Wildman–Crippen MR) is 68.5 cm³/mol. The molecule has 0 aliphatic rings. The summed E-state index contributed by atoms with van der Waals surface area (Å²) in [6.45, 7) is 3.69. The van der Waals surface area contributed by atoms with Gasteiger partial charge in [-0.3, -0.25) is 0 Å². The summed E-state index contributed by atoms with van der Waals surface area (Å²) in [5, 5.41) is 12.2. The Hall–Kier alpha value is -0.750. The summed E-state index contributed by atoms with van der Waals surface area (Å²) in [7, 11) is 0. The first-order valence-electron chi connectivity index (χ1n) is 5.50. The van der Waals surface area contributed by atoms with E-state index in [1.165, 1.54) is 12.1 Å². The first-order chi connectivity index (χ1) is 8.21. The van der Waals surface area contributed by atoms with Crippen molar-refractivity contribution in [1.82, 2.24) is 0 Å².